The Morgan fingerprint density at radius 2 is 2.09 bits per heavy atom. The van der Waals surface area contributed by atoms with Crippen molar-refractivity contribution in [2.75, 3.05) is 0 Å². The van der Waals surface area contributed by atoms with E-state index in [1.54, 1.807) is 0 Å². The van der Waals surface area contributed by atoms with Crippen LogP contribution in [0.3, 0.4) is 0 Å². The topological polar surface area (TPSA) is 75.3 Å². The van der Waals surface area contributed by atoms with Gasteiger partial charge < -0.3 is 16.2 Å². The van der Waals surface area contributed by atoms with Crippen molar-refractivity contribution in [3.8, 4) is 0 Å². The third-order valence-electron chi connectivity index (χ3n) is 1.65. The Morgan fingerprint density at radius 1 is 1.55 bits per heavy atom. The highest BCUT2D eigenvalue weighted by atomic mass is 16.3. The van der Waals surface area contributed by atoms with E-state index in [0.717, 1.165) is 0 Å². The third kappa shape index (κ3) is 3.83. The van der Waals surface area contributed by atoms with Crippen LogP contribution >= 0.6 is 0 Å². The Kier molecular flexibility index (Phi) is 4.61. The van der Waals surface area contributed by atoms with Gasteiger partial charge in [0, 0.05) is 0 Å². The molecule has 0 aromatic rings. The second-order valence-electron chi connectivity index (χ2n) is 2.50. The molecule has 0 saturated carbocycles. The van der Waals surface area contributed by atoms with Crippen molar-refractivity contribution in [1.82, 2.24) is 5.32 Å². The fourth-order valence-corrected chi connectivity index (χ4v) is 0.938. The summed E-state index contributed by atoms with van der Waals surface area (Å²) < 4.78 is 0. The molecule has 0 aliphatic carbocycles. The minimum atomic E-state index is -0.579. The molecule has 2 unspecified atom stereocenters. The van der Waals surface area contributed by atoms with E-state index in [9.17, 15) is 9.90 Å². The van der Waals surface area contributed by atoms with Crippen molar-refractivity contribution in [1.29, 1.82) is 0 Å². The first kappa shape index (κ1) is 10.2. The lowest BCUT2D eigenvalue weighted by Crippen LogP contribution is -2.45. The normalized spacial score (nSPS) is 15.5. The highest BCUT2D eigenvalue weighted by molar-refractivity contribution is 5.72. The van der Waals surface area contributed by atoms with E-state index in [1.807, 2.05) is 13.8 Å². The first-order valence-corrected chi connectivity index (χ1v) is 3.85. The lowest BCUT2D eigenvalue weighted by Gasteiger charge is -2.20. The maximum absolute atomic E-state index is 10.4. The van der Waals surface area contributed by atoms with E-state index in [0.29, 0.717) is 12.8 Å². The zero-order valence-electron chi connectivity index (χ0n) is 7.00. The van der Waals surface area contributed by atoms with E-state index in [4.69, 9.17) is 5.73 Å². The van der Waals surface area contributed by atoms with Gasteiger partial charge in [-0.2, -0.15) is 0 Å². The summed E-state index contributed by atoms with van der Waals surface area (Å²) in [7, 11) is 0. The van der Waals surface area contributed by atoms with Gasteiger partial charge in [-0.25, -0.2) is 4.79 Å². The quantitative estimate of drug-likeness (QED) is 0.549. The largest absolute Gasteiger partial charge is 0.391 e. The van der Waals surface area contributed by atoms with Crippen LogP contribution in [0.25, 0.3) is 0 Å². The summed E-state index contributed by atoms with van der Waals surface area (Å²) in [5.41, 5.74) is 4.90. The summed E-state index contributed by atoms with van der Waals surface area (Å²) >= 11 is 0. The minimum absolute atomic E-state index is 0.211. The molecular formula is C7H16N2O2. The molecule has 0 saturated heterocycles. The highest BCUT2D eigenvalue weighted by Crippen LogP contribution is 2.01. The average Bonchev–Trinajstić information content (AvgIpc) is 1.98. The molecular weight excluding hydrogens is 144 g/mol. The molecule has 2 atom stereocenters. The van der Waals surface area contributed by atoms with Gasteiger partial charge in [-0.1, -0.05) is 13.8 Å². The number of rotatable bonds is 4. The van der Waals surface area contributed by atoms with Crippen LogP contribution in [-0.4, -0.2) is 23.3 Å². The van der Waals surface area contributed by atoms with Gasteiger partial charge in [0.2, 0.25) is 0 Å². The smallest absolute Gasteiger partial charge is 0.312 e. The number of aliphatic hydroxyl groups excluding tert-OH is 1. The average molecular weight is 160 g/mol. The lowest BCUT2D eigenvalue weighted by molar-refractivity contribution is 0.124. The Labute approximate surface area is 66.8 Å². The number of hydrogen-bond donors (Lipinski definition) is 3. The molecule has 0 aromatic carbocycles. The summed E-state index contributed by atoms with van der Waals surface area (Å²) in [5, 5.41) is 11.8. The van der Waals surface area contributed by atoms with Gasteiger partial charge in [-0.15, -0.1) is 0 Å². The van der Waals surface area contributed by atoms with E-state index in [1.165, 1.54) is 0 Å². The van der Waals surface area contributed by atoms with Gasteiger partial charge in [0.1, 0.15) is 0 Å². The van der Waals surface area contributed by atoms with E-state index < -0.39 is 12.1 Å². The summed E-state index contributed by atoms with van der Waals surface area (Å²) in [5.74, 6) is 0. The SMILES string of the molecule is CCC(O)C(CC)NC(N)=O. The van der Waals surface area contributed by atoms with Gasteiger partial charge in [-0.3, -0.25) is 0 Å². The zero-order chi connectivity index (χ0) is 8.85. The second-order valence-corrected chi connectivity index (χ2v) is 2.50. The molecule has 11 heavy (non-hydrogen) atoms. The van der Waals surface area contributed by atoms with Gasteiger partial charge >= 0.3 is 6.03 Å². The summed E-state index contributed by atoms with van der Waals surface area (Å²) in [6, 6.07) is -0.790. The Hall–Kier alpha value is -0.770. The molecule has 0 aliphatic rings. The fourth-order valence-electron chi connectivity index (χ4n) is 0.938. The summed E-state index contributed by atoms with van der Waals surface area (Å²) in [4.78, 5) is 10.4. The van der Waals surface area contributed by atoms with Crippen LogP contribution in [0.5, 0.6) is 0 Å². The van der Waals surface area contributed by atoms with Crippen LogP contribution < -0.4 is 11.1 Å². The highest BCUT2D eigenvalue weighted by Gasteiger charge is 2.15. The molecule has 0 rings (SSSR count). The predicted octanol–water partition coefficient (Wildman–Crippen LogP) is 0.204. The first-order chi connectivity index (χ1) is 5.11. The molecule has 66 valence electrons. The van der Waals surface area contributed by atoms with Gasteiger partial charge in [0.15, 0.2) is 0 Å². The lowest BCUT2D eigenvalue weighted by atomic mass is 10.1. The third-order valence-corrected chi connectivity index (χ3v) is 1.65. The predicted molar refractivity (Wildman–Crippen MR) is 43.1 cm³/mol. The number of aliphatic hydroxyl groups is 1. The number of primary amides is 1. The molecule has 0 radical (unpaired) electrons. The van der Waals surface area contributed by atoms with E-state index in [-0.39, 0.29) is 6.04 Å². The number of nitrogens with two attached hydrogens (primary N) is 1. The van der Waals surface area contributed by atoms with Crippen molar-refractivity contribution < 1.29 is 9.90 Å². The molecule has 4 N–H and O–H groups in total. The van der Waals surface area contributed by atoms with Crippen molar-refractivity contribution >= 4 is 6.03 Å². The Balaban J connectivity index is 3.84. The molecule has 0 aromatic heterocycles. The van der Waals surface area contributed by atoms with Gasteiger partial charge in [0.05, 0.1) is 12.1 Å². The molecule has 0 fully saturated rings. The molecule has 0 bridgehead atoms. The van der Waals surface area contributed by atoms with Crippen molar-refractivity contribution in [2.45, 2.75) is 38.8 Å². The number of carbonyl (C=O) groups is 1. The van der Waals surface area contributed by atoms with Crippen LogP contribution in [0, 0.1) is 0 Å². The van der Waals surface area contributed by atoms with Crippen LogP contribution in [0.4, 0.5) is 4.79 Å². The zero-order valence-corrected chi connectivity index (χ0v) is 7.00. The number of carbonyl (C=O) groups excluding carboxylic acids is 1. The monoisotopic (exact) mass is 160 g/mol. The number of urea groups is 1. The molecule has 0 aliphatic heterocycles. The van der Waals surface area contributed by atoms with Gasteiger partial charge in [0.25, 0.3) is 0 Å². The standard InChI is InChI=1S/C7H16N2O2/c1-3-5(6(10)4-2)9-7(8)11/h5-6,10H,3-4H2,1-2H3,(H3,8,9,11). The molecule has 2 amide bonds. The van der Waals surface area contributed by atoms with Crippen LogP contribution in [0.2, 0.25) is 0 Å². The minimum Gasteiger partial charge on any atom is -0.391 e. The first-order valence-electron chi connectivity index (χ1n) is 3.85. The maximum atomic E-state index is 10.4. The second kappa shape index (κ2) is 4.96. The number of amides is 2. The maximum Gasteiger partial charge on any atom is 0.312 e. The van der Waals surface area contributed by atoms with Crippen LogP contribution in [0.15, 0.2) is 0 Å². The van der Waals surface area contributed by atoms with Crippen LogP contribution in [0.1, 0.15) is 26.7 Å². The number of nitrogens with one attached hydrogen (secondary N) is 1. The molecule has 4 nitrogen and oxygen atoms in total. The Bertz CT molecular complexity index is 128. The summed E-state index contributed by atoms with van der Waals surface area (Å²) in [6.45, 7) is 3.75. The van der Waals surface area contributed by atoms with Crippen molar-refractivity contribution in [2.24, 2.45) is 5.73 Å². The van der Waals surface area contributed by atoms with Crippen molar-refractivity contribution in [3.63, 3.8) is 0 Å². The van der Waals surface area contributed by atoms with Crippen LogP contribution in [-0.2, 0) is 0 Å². The van der Waals surface area contributed by atoms with E-state index >= 15 is 0 Å². The Morgan fingerprint density at radius 3 is 2.36 bits per heavy atom. The van der Waals surface area contributed by atoms with Gasteiger partial charge in [-0.05, 0) is 12.8 Å². The van der Waals surface area contributed by atoms with E-state index in [2.05, 4.69) is 5.32 Å². The molecule has 4 heteroatoms. The molecule has 0 spiro atoms. The fraction of sp³-hybridized carbons (Fsp3) is 0.857. The van der Waals surface area contributed by atoms with Crippen molar-refractivity contribution in [3.05, 3.63) is 0 Å². The number of hydrogen-bond acceptors (Lipinski definition) is 2. The molecule has 0 heterocycles. The summed E-state index contributed by atoms with van der Waals surface area (Å²) in [6.07, 6.45) is 0.823.